The predicted octanol–water partition coefficient (Wildman–Crippen LogP) is 0.116. The molecule has 2 N–H and O–H groups in total. The molecule has 0 aliphatic carbocycles. The molecule has 3 rings (SSSR count). The molecule has 7 nitrogen and oxygen atoms in total. The van der Waals surface area contributed by atoms with Gasteiger partial charge < -0.3 is 10.1 Å². The van der Waals surface area contributed by atoms with Crippen LogP contribution in [0.2, 0.25) is 0 Å². The number of rotatable bonds is 4. The molecule has 2 fully saturated rings. The van der Waals surface area contributed by atoms with Crippen LogP contribution in [0.1, 0.15) is 19.3 Å². The number of nitrogens with zero attached hydrogens (tertiary/aromatic N) is 2. The van der Waals surface area contributed by atoms with E-state index in [9.17, 15) is 8.42 Å². The normalized spacial score (nSPS) is 29.6. The minimum absolute atomic E-state index is 0.0114. The summed E-state index contributed by atoms with van der Waals surface area (Å²) in [5.74, 6) is 0.391. The fourth-order valence-electron chi connectivity index (χ4n) is 2.61. The zero-order valence-corrected chi connectivity index (χ0v) is 11.4. The average Bonchev–Trinajstić information content (AvgIpc) is 3.00. The van der Waals surface area contributed by atoms with E-state index < -0.39 is 10.0 Å². The number of sulfonamides is 1. The quantitative estimate of drug-likeness (QED) is 0.815. The van der Waals surface area contributed by atoms with Gasteiger partial charge in [-0.2, -0.15) is 0 Å². The molecule has 2 aliphatic heterocycles. The van der Waals surface area contributed by atoms with Crippen LogP contribution in [0.4, 0.5) is 5.95 Å². The van der Waals surface area contributed by atoms with E-state index in [2.05, 4.69) is 20.0 Å². The summed E-state index contributed by atoms with van der Waals surface area (Å²) in [6.45, 7) is 0. The Kier molecular flexibility index (Phi) is 3.15. The third-order valence-electron chi connectivity index (χ3n) is 3.57. The molecule has 0 amide bonds. The Hall–Kier alpha value is -1.25. The monoisotopic (exact) mass is 284 g/mol. The molecule has 3 atom stereocenters. The first-order valence-electron chi connectivity index (χ1n) is 6.26. The van der Waals surface area contributed by atoms with Crippen molar-refractivity contribution >= 4 is 16.0 Å². The maximum absolute atomic E-state index is 12.2. The topological polar surface area (TPSA) is 93.2 Å². The molecule has 2 saturated heterocycles. The van der Waals surface area contributed by atoms with E-state index in [4.69, 9.17) is 4.74 Å². The standard InChI is InChI=1S/C11H16N4O3S/c1-12-11-13-5-8(6-14-11)19(16,17)15-9-4-7-2-3-10(9)18-7/h5-7,9-10,15H,2-4H2,1H3,(H,12,13,14). The van der Waals surface area contributed by atoms with Crippen molar-refractivity contribution in [2.24, 2.45) is 0 Å². The van der Waals surface area contributed by atoms with Crippen LogP contribution in [0.15, 0.2) is 17.3 Å². The summed E-state index contributed by atoms with van der Waals surface area (Å²) in [7, 11) is -1.90. The van der Waals surface area contributed by atoms with Crippen molar-refractivity contribution < 1.29 is 13.2 Å². The molecule has 0 radical (unpaired) electrons. The lowest BCUT2D eigenvalue weighted by Gasteiger charge is -2.19. The van der Waals surface area contributed by atoms with E-state index in [0.29, 0.717) is 5.95 Å². The molecule has 3 heterocycles. The van der Waals surface area contributed by atoms with Gasteiger partial charge in [-0.15, -0.1) is 0 Å². The number of aromatic nitrogens is 2. The molecule has 8 heteroatoms. The molecule has 104 valence electrons. The predicted molar refractivity (Wildman–Crippen MR) is 68.2 cm³/mol. The number of anilines is 1. The summed E-state index contributed by atoms with van der Waals surface area (Å²) in [6, 6.07) is -0.132. The molecule has 3 unspecified atom stereocenters. The summed E-state index contributed by atoms with van der Waals surface area (Å²) in [6.07, 6.45) is 5.53. The van der Waals surface area contributed by atoms with Gasteiger partial charge in [-0.25, -0.2) is 23.1 Å². The van der Waals surface area contributed by atoms with E-state index in [1.165, 1.54) is 12.4 Å². The van der Waals surface area contributed by atoms with E-state index >= 15 is 0 Å². The lowest BCUT2D eigenvalue weighted by atomic mass is 9.96. The number of fused-ring (bicyclic) bond motifs is 2. The van der Waals surface area contributed by atoms with Gasteiger partial charge in [0.1, 0.15) is 4.90 Å². The minimum atomic E-state index is -3.57. The van der Waals surface area contributed by atoms with E-state index in [0.717, 1.165) is 19.3 Å². The highest BCUT2D eigenvalue weighted by molar-refractivity contribution is 7.89. The molecular formula is C11H16N4O3S. The van der Waals surface area contributed by atoms with Crippen molar-refractivity contribution in [2.45, 2.75) is 42.4 Å². The maximum Gasteiger partial charge on any atom is 0.243 e. The number of hydrogen-bond donors (Lipinski definition) is 2. The van der Waals surface area contributed by atoms with Crippen molar-refractivity contribution in [1.82, 2.24) is 14.7 Å². The SMILES string of the molecule is CNc1ncc(S(=O)(=O)NC2CC3CCC2O3)cn1. The smallest absolute Gasteiger partial charge is 0.243 e. The molecule has 0 saturated carbocycles. The zero-order valence-electron chi connectivity index (χ0n) is 10.5. The Bertz CT molecular complexity index is 560. The summed E-state index contributed by atoms with van der Waals surface area (Å²) >= 11 is 0. The van der Waals surface area contributed by atoms with Crippen LogP contribution in [0.5, 0.6) is 0 Å². The van der Waals surface area contributed by atoms with Crippen molar-refractivity contribution in [3.8, 4) is 0 Å². The zero-order chi connectivity index (χ0) is 13.5. The van der Waals surface area contributed by atoms with Gasteiger partial charge in [0.2, 0.25) is 16.0 Å². The fourth-order valence-corrected chi connectivity index (χ4v) is 3.78. The molecule has 1 aromatic rings. The highest BCUT2D eigenvalue weighted by Crippen LogP contribution is 2.34. The first-order chi connectivity index (χ1) is 9.08. The Morgan fingerprint density at radius 2 is 2.05 bits per heavy atom. The van der Waals surface area contributed by atoms with Gasteiger partial charge in [0.25, 0.3) is 0 Å². The van der Waals surface area contributed by atoms with Gasteiger partial charge in [-0.1, -0.05) is 0 Å². The first kappa shape index (κ1) is 12.8. The molecule has 0 spiro atoms. The second kappa shape index (κ2) is 4.69. The Morgan fingerprint density at radius 1 is 1.32 bits per heavy atom. The second-order valence-corrected chi connectivity index (χ2v) is 6.54. The van der Waals surface area contributed by atoms with Gasteiger partial charge in [-0.05, 0) is 19.3 Å². The lowest BCUT2D eigenvalue weighted by molar-refractivity contribution is 0.0996. The van der Waals surface area contributed by atoms with Crippen molar-refractivity contribution in [1.29, 1.82) is 0 Å². The Balaban J connectivity index is 1.75. The van der Waals surface area contributed by atoms with Crippen LogP contribution in [-0.4, -0.2) is 43.7 Å². The van der Waals surface area contributed by atoms with Crippen LogP contribution in [0.3, 0.4) is 0 Å². The summed E-state index contributed by atoms with van der Waals surface area (Å²) in [4.78, 5) is 7.90. The summed E-state index contributed by atoms with van der Waals surface area (Å²) in [5, 5.41) is 2.74. The van der Waals surface area contributed by atoms with Crippen molar-refractivity contribution in [2.75, 3.05) is 12.4 Å². The Labute approximate surface area is 111 Å². The molecule has 2 bridgehead atoms. The molecule has 19 heavy (non-hydrogen) atoms. The van der Waals surface area contributed by atoms with Crippen LogP contribution >= 0.6 is 0 Å². The molecular weight excluding hydrogens is 268 g/mol. The van der Waals surface area contributed by atoms with Gasteiger partial charge in [0, 0.05) is 7.05 Å². The largest absolute Gasteiger partial charge is 0.373 e. The van der Waals surface area contributed by atoms with Gasteiger partial charge in [0.15, 0.2) is 0 Å². The lowest BCUT2D eigenvalue weighted by Crippen LogP contribution is -2.41. The fraction of sp³-hybridized carbons (Fsp3) is 0.636. The second-order valence-electron chi connectivity index (χ2n) is 4.83. The van der Waals surface area contributed by atoms with Crippen molar-refractivity contribution in [3.63, 3.8) is 0 Å². The van der Waals surface area contributed by atoms with Gasteiger partial charge in [0.05, 0.1) is 30.6 Å². The van der Waals surface area contributed by atoms with Crippen LogP contribution in [0.25, 0.3) is 0 Å². The number of hydrogen-bond acceptors (Lipinski definition) is 6. The highest BCUT2D eigenvalue weighted by Gasteiger charge is 2.42. The van der Waals surface area contributed by atoms with Gasteiger partial charge in [-0.3, -0.25) is 0 Å². The highest BCUT2D eigenvalue weighted by atomic mass is 32.2. The maximum atomic E-state index is 12.2. The molecule has 1 aromatic heterocycles. The average molecular weight is 284 g/mol. The summed E-state index contributed by atoms with van der Waals surface area (Å²) < 4.78 is 32.7. The summed E-state index contributed by atoms with van der Waals surface area (Å²) in [5.41, 5.74) is 0. The third-order valence-corrected chi connectivity index (χ3v) is 5.02. The molecule has 0 aromatic carbocycles. The third kappa shape index (κ3) is 2.43. The first-order valence-corrected chi connectivity index (χ1v) is 7.74. The van der Waals surface area contributed by atoms with Crippen molar-refractivity contribution in [3.05, 3.63) is 12.4 Å². The van der Waals surface area contributed by atoms with Gasteiger partial charge >= 0.3 is 0 Å². The Morgan fingerprint density at radius 3 is 2.58 bits per heavy atom. The minimum Gasteiger partial charge on any atom is -0.373 e. The van der Waals surface area contributed by atoms with Crippen LogP contribution in [-0.2, 0) is 14.8 Å². The van der Waals surface area contributed by atoms with Crippen LogP contribution in [0, 0.1) is 0 Å². The molecule has 2 aliphatic rings. The van der Waals surface area contributed by atoms with E-state index in [-0.39, 0.29) is 23.1 Å². The van der Waals surface area contributed by atoms with Crippen LogP contribution < -0.4 is 10.0 Å². The number of nitrogens with one attached hydrogen (secondary N) is 2. The number of ether oxygens (including phenoxy) is 1. The van der Waals surface area contributed by atoms with E-state index in [1.54, 1.807) is 7.05 Å². The van der Waals surface area contributed by atoms with E-state index in [1.807, 2.05) is 0 Å².